The van der Waals surface area contributed by atoms with E-state index in [9.17, 15) is 14.0 Å². The molecule has 23 heavy (non-hydrogen) atoms. The van der Waals surface area contributed by atoms with Crippen LogP contribution in [0.4, 0.5) is 4.39 Å². The summed E-state index contributed by atoms with van der Waals surface area (Å²) in [6.07, 6.45) is 5.22. The Labute approximate surface area is 132 Å². The van der Waals surface area contributed by atoms with Gasteiger partial charge in [-0.1, -0.05) is 12.1 Å². The van der Waals surface area contributed by atoms with Gasteiger partial charge < -0.3 is 10.6 Å². The summed E-state index contributed by atoms with van der Waals surface area (Å²) in [4.78, 5) is 34.4. The topological polar surface area (TPSA) is 89.2 Å². The highest BCUT2D eigenvalue weighted by Gasteiger charge is 2.51. The summed E-state index contributed by atoms with van der Waals surface area (Å²) in [7, 11) is 0. The van der Waals surface area contributed by atoms with Crippen molar-refractivity contribution in [2.24, 2.45) is 5.73 Å². The minimum absolute atomic E-state index is 0.0936. The van der Waals surface area contributed by atoms with E-state index in [1.54, 1.807) is 6.07 Å². The molecule has 7 heteroatoms. The Morgan fingerprint density at radius 2 is 2.04 bits per heavy atom. The molecule has 1 atom stereocenters. The first-order valence-electron chi connectivity index (χ1n) is 7.20. The van der Waals surface area contributed by atoms with Crippen molar-refractivity contribution < 1.29 is 14.0 Å². The summed E-state index contributed by atoms with van der Waals surface area (Å²) in [6, 6.07) is 5.66. The lowest BCUT2D eigenvalue weighted by molar-refractivity contribution is -0.128. The monoisotopic (exact) mass is 314 g/mol. The number of nitrogens with two attached hydrogens (primary N) is 1. The van der Waals surface area contributed by atoms with E-state index in [0.29, 0.717) is 25.1 Å². The van der Waals surface area contributed by atoms with E-state index < -0.39 is 23.2 Å². The zero-order valence-corrected chi connectivity index (χ0v) is 12.3. The minimum atomic E-state index is -1.40. The Hall–Kier alpha value is -2.83. The van der Waals surface area contributed by atoms with Gasteiger partial charge in [0.25, 0.3) is 5.91 Å². The predicted molar refractivity (Wildman–Crippen MR) is 79.6 cm³/mol. The van der Waals surface area contributed by atoms with E-state index in [2.05, 4.69) is 9.97 Å². The van der Waals surface area contributed by atoms with Crippen LogP contribution in [-0.4, -0.2) is 33.2 Å². The van der Waals surface area contributed by atoms with Crippen molar-refractivity contribution in [3.63, 3.8) is 0 Å². The van der Waals surface area contributed by atoms with Crippen LogP contribution in [0.2, 0.25) is 0 Å². The summed E-state index contributed by atoms with van der Waals surface area (Å²) in [5, 5.41) is 0. The lowest BCUT2D eigenvalue weighted by atomic mass is 9.90. The Morgan fingerprint density at radius 3 is 2.70 bits per heavy atom. The van der Waals surface area contributed by atoms with E-state index in [1.165, 1.54) is 41.7 Å². The van der Waals surface area contributed by atoms with Gasteiger partial charge in [0.05, 0.1) is 17.5 Å². The zero-order chi connectivity index (χ0) is 16.4. The molecular formula is C16H15FN4O2. The van der Waals surface area contributed by atoms with E-state index in [-0.39, 0.29) is 5.56 Å². The van der Waals surface area contributed by atoms with Crippen molar-refractivity contribution in [3.05, 3.63) is 59.9 Å². The number of rotatable bonds is 3. The number of hydrogen-bond donors (Lipinski definition) is 1. The average Bonchev–Trinajstić information content (AvgIpc) is 3.01. The average molecular weight is 314 g/mol. The van der Waals surface area contributed by atoms with Crippen LogP contribution in [0.25, 0.3) is 0 Å². The van der Waals surface area contributed by atoms with Gasteiger partial charge in [-0.3, -0.25) is 19.6 Å². The lowest BCUT2D eigenvalue weighted by Gasteiger charge is -2.35. The maximum Gasteiger partial charge on any atom is 0.258 e. The molecule has 1 aliphatic rings. The molecule has 0 spiro atoms. The first kappa shape index (κ1) is 15.1. The maximum atomic E-state index is 14.0. The van der Waals surface area contributed by atoms with E-state index >= 15 is 0 Å². The van der Waals surface area contributed by atoms with Crippen LogP contribution in [-0.2, 0) is 10.3 Å². The highest BCUT2D eigenvalue weighted by Crippen LogP contribution is 2.38. The Bertz CT molecular complexity index is 753. The molecule has 0 unspecified atom stereocenters. The van der Waals surface area contributed by atoms with Crippen molar-refractivity contribution >= 4 is 11.8 Å². The smallest absolute Gasteiger partial charge is 0.258 e. The van der Waals surface area contributed by atoms with Crippen LogP contribution in [0.5, 0.6) is 0 Å². The quantitative estimate of drug-likeness (QED) is 0.923. The zero-order valence-electron chi connectivity index (χ0n) is 12.3. The molecule has 0 aliphatic carbocycles. The molecule has 118 valence electrons. The number of hydrogen-bond acceptors (Lipinski definition) is 4. The second-order valence-corrected chi connectivity index (χ2v) is 5.36. The normalized spacial score (nSPS) is 20.5. The standard InChI is InChI=1S/C16H15FN4O2/c17-12-5-2-1-4-11(12)14(22)21-9-3-6-16(21,15(18)23)13-10-19-7-8-20-13/h1-2,4-5,7-8,10H,3,6,9H2,(H2,18,23)/t16-/m1/s1. The van der Waals surface area contributed by atoms with Crippen LogP contribution in [0.15, 0.2) is 42.9 Å². The highest BCUT2D eigenvalue weighted by atomic mass is 19.1. The largest absolute Gasteiger partial charge is 0.367 e. The number of primary amides is 1. The Balaban J connectivity index is 2.09. The fourth-order valence-corrected chi connectivity index (χ4v) is 3.04. The van der Waals surface area contributed by atoms with Crippen molar-refractivity contribution in [2.75, 3.05) is 6.54 Å². The first-order chi connectivity index (χ1) is 11.1. The summed E-state index contributed by atoms with van der Waals surface area (Å²) < 4.78 is 14.0. The number of carbonyl (C=O) groups is 2. The molecule has 2 amide bonds. The molecule has 2 heterocycles. The number of benzene rings is 1. The van der Waals surface area contributed by atoms with Crippen molar-refractivity contribution in [1.29, 1.82) is 0 Å². The number of likely N-dealkylation sites (tertiary alicyclic amines) is 1. The van der Waals surface area contributed by atoms with Crippen LogP contribution in [0.3, 0.4) is 0 Å². The van der Waals surface area contributed by atoms with E-state index in [0.717, 1.165) is 0 Å². The number of carbonyl (C=O) groups excluding carboxylic acids is 2. The third-order valence-corrected chi connectivity index (χ3v) is 4.13. The molecule has 1 fully saturated rings. The molecule has 0 bridgehead atoms. The molecule has 0 saturated carbocycles. The van der Waals surface area contributed by atoms with Gasteiger partial charge in [0.1, 0.15) is 5.82 Å². The number of amides is 2. The molecule has 6 nitrogen and oxygen atoms in total. The molecule has 0 radical (unpaired) electrons. The van der Waals surface area contributed by atoms with E-state index in [4.69, 9.17) is 5.73 Å². The summed E-state index contributed by atoms with van der Waals surface area (Å²) >= 11 is 0. The van der Waals surface area contributed by atoms with Gasteiger partial charge in [-0.15, -0.1) is 0 Å². The number of nitrogens with zero attached hydrogens (tertiary/aromatic N) is 3. The molecule has 1 saturated heterocycles. The van der Waals surface area contributed by atoms with Crippen LogP contribution in [0.1, 0.15) is 28.9 Å². The van der Waals surface area contributed by atoms with Crippen LogP contribution < -0.4 is 5.73 Å². The maximum absolute atomic E-state index is 14.0. The van der Waals surface area contributed by atoms with Gasteiger partial charge in [0, 0.05) is 18.9 Å². The number of aromatic nitrogens is 2. The van der Waals surface area contributed by atoms with Gasteiger partial charge in [-0.25, -0.2) is 4.39 Å². The van der Waals surface area contributed by atoms with Gasteiger partial charge in [0.2, 0.25) is 5.91 Å². The summed E-state index contributed by atoms with van der Waals surface area (Å²) in [5.74, 6) is -1.91. The van der Waals surface area contributed by atoms with Gasteiger partial charge in [-0.2, -0.15) is 0 Å². The van der Waals surface area contributed by atoms with Crippen LogP contribution >= 0.6 is 0 Å². The molecule has 2 aromatic rings. The second-order valence-electron chi connectivity index (χ2n) is 5.36. The van der Waals surface area contributed by atoms with Crippen LogP contribution in [0, 0.1) is 5.82 Å². The molecule has 3 rings (SSSR count). The SMILES string of the molecule is NC(=O)[C@]1(c2cnccn2)CCCN1C(=O)c1ccccc1F. The third-order valence-electron chi connectivity index (χ3n) is 4.13. The highest BCUT2D eigenvalue weighted by molar-refractivity contribution is 5.99. The molecule has 1 aliphatic heterocycles. The van der Waals surface area contributed by atoms with Gasteiger partial charge >= 0.3 is 0 Å². The molecule has 2 N–H and O–H groups in total. The molecule has 1 aromatic heterocycles. The number of halogens is 1. The first-order valence-corrected chi connectivity index (χ1v) is 7.20. The van der Waals surface area contributed by atoms with Crippen molar-refractivity contribution in [3.8, 4) is 0 Å². The molecular weight excluding hydrogens is 299 g/mol. The van der Waals surface area contributed by atoms with Crippen molar-refractivity contribution in [1.82, 2.24) is 14.9 Å². The third kappa shape index (κ3) is 2.34. The predicted octanol–water partition coefficient (Wildman–Crippen LogP) is 1.23. The minimum Gasteiger partial charge on any atom is -0.367 e. The Morgan fingerprint density at radius 1 is 1.26 bits per heavy atom. The Kier molecular flexibility index (Phi) is 3.77. The van der Waals surface area contributed by atoms with Gasteiger partial charge in [0.15, 0.2) is 5.54 Å². The molecule has 1 aromatic carbocycles. The summed E-state index contributed by atoms with van der Waals surface area (Å²) in [6.45, 7) is 0.298. The fourth-order valence-electron chi connectivity index (χ4n) is 3.04. The van der Waals surface area contributed by atoms with Gasteiger partial charge in [-0.05, 0) is 25.0 Å². The summed E-state index contributed by atoms with van der Waals surface area (Å²) in [5.41, 5.74) is 4.43. The van der Waals surface area contributed by atoms with Crippen molar-refractivity contribution in [2.45, 2.75) is 18.4 Å². The fraction of sp³-hybridized carbons (Fsp3) is 0.250. The van der Waals surface area contributed by atoms with E-state index in [1.807, 2.05) is 0 Å². The second kappa shape index (κ2) is 5.75. The lowest BCUT2D eigenvalue weighted by Crippen LogP contribution is -2.54.